The highest BCUT2D eigenvalue weighted by atomic mass is 32.3. The van der Waals surface area contributed by atoms with Gasteiger partial charge in [-0.1, -0.05) is 18.2 Å². The third kappa shape index (κ3) is 3.93. The standard InChI is InChI=1S/C8H5F6NO2S2/c9-7(10,11)18-15(6-4-2-1-3-5-6)19(16,17)8(12,13)14/h1-5H. The molecule has 0 aliphatic rings. The molecule has 0 saturated carbocycles. The van der Waals surface area contributed by atoms with Gasteiger partial charge in [0.2, 0.25) is 0 Å². The van der Waals surface area contributed by atoms with Gasteiger partial charge in [-0.15, -0.1) is 0 Å². The number of sulfonamides is 1. The van der Waals surface area contributed by atoms with E-state index in [0.29, 0.717) is 0 Å². The highest BCUT2D eigenvalue weighted by molar-refractivity contribution is 8.15. The van der Waals surface area contributed by atoms with Crippen molar-refractivity contribution in [1.82, 2.24) is 0 Å². The van der Waals surface area contributed by atoms with Crippen molar-refractivity contribution in [1.29, 1.82) is 0 Å². The van der Waals surface area contributed by atoms with E-state index in [2.05, 4.69) is 0 Å². The zero-order valence-electron chi connectivity index (χ0n) is 8.73. The maximum Gasteiger partial charge on any atom is 0.517 e. The van der Waals surface area contributed by atoms with Gasteiger partial charge in [0, 0.05) is 0 Å². The topological polar surface area (TPSA) is 37.4 Å². The van der Waals surface area contributed by atoms with Gasteiger partial charge in [-0.05, 0) is 12.1 Å². The Hall–Kier alpha value is -1.10. The van der Waals surface area contributed by atoms with Crippen molar-refractivity contribution >= 4 is 27.7 Å². The van der Waals surface area contributed by atoms with Gasteiger partial charge < -0.3 is 0 Å². The number of halogens is 6. The molecule has 0 aliphatic heterocycles. The average Bonchev–Trinajstić information content (AvgIpc) is 2.24. The van der Waals surface area contributed by atoms with E-state index in [1.54, 1.807) is 0 Å². The van der Waals surface area contributed by atoms with Gasteiger partial charge in [0.25, 0.3) is 0 Å². The summed E-state index contributed by atoms with van der Waals surface area (Å²) >= 11 is -1.39. The van der Waals surface area contributed by atoms with Crippen LogP contribution in [0.1, 0.15) is 0 Å². The van der Waals surface area contributed by atoms with E-state index >= 15 is 0 Å². The van der Waals surface area contributed by atoms with Crippen molar-refractivity contribution in [2.45, 2.75) is 11.0 Å². The smallest absolute Gasteiger partial charge is 0.196 e. The Morgan fingerprint density at radius 2 is 1.42 bits per heavy atom. The van der Waals surface area contributed by atoms with Crippen molar-refractivity contribution in [3.63, 3.8) is 0 Å². The van der Waals surface area contributed by atoms with Crippen LogP contribution in [0.25, 0.3) is 0 Å². The second-order valence-corrected chi connectivity index (χ2v) is 6.07. The highest BCUT2D eigenvalue weighted by Crippen LogP contribution is 2.42. The summed E-state index contributed by atoms with van der Waals surface area (Å²) < 4.78 is 95.0. The first-order valence-electron chi connectivity index (χ1n) is 4.37. The van der Waals surface area contributed by atoms with Crippen molar-refractivity contribution in [3.8, 4) is 0 Å². The second kappa shape index (κ2) is 5.12. The van der Waals surface area contributed by atoms with Gasteiger partial charge in [-0.25, -0.2) is 0 Å². The van der Waals surface area contributed by atoms with Gasteiger partial charge in [0.15, 0.2) is 0 Å². The largest absolute Gasteiger partial charge is 0.517 e. The molecule has 3 nitrogen and oxygen atoms in total. The molecule has 0 unspecified atom stereocenters. The van der Waals surface area contributed by atoms with Crippen LogP contribution in [0.3, 0.4) is 0 Å². The Labute approximate surface area is 108 Å². The molecule has 11 heteroatoms. The van der Waals surface area contributed by atoms with E-state index in [-0.39, 0.29) is 0 Å². The molecular weight excluding hydrogens is 320 g/mol. The minimum atomic E-state index is -6.15. The molecule has 19 heavy (non-hydrogen) atoms. The molecule has 0 atom stereocenters. The lowest BCUT2D eigenvalue weighted by Crippen LogP contribution is -2.38. The average molecular weight is 325 g/mol. The van der Waals surface area contributed by atoms with Crippen LogP contribution in [0.2, 0.25) is 0 Å². The summed E-state index contributed by atoms with van der Waals surface area (Å²) in [7, 11) is -6.15. The SMILES string of the molecule is O=S(=O)(N(SC(F)(F)F)c1ccccc1)C(F)(F)F. The number of hydrogen-bond acceptors (Lipinski definition) is 3. The van der Waals surface area contributed by atoms with E-state index in [0.717, 1.165) is 24.3 Å². The normalized spacial score (nSPS) is 13.4. The molecule has 0 heterocycles. The maximum atomic E-state index is 12.3. The van der Waals surface area contributed by atoms with Crippen molar-refractivity contribution < 1.29 is 34.8 Å². The fraction of sp³-hybridized carbons (Fsp3) is 0.250. The first-order chi connectivity index (χ1) is 8.45. The molecule has 0 fully saturated rings. The summed E-state index contributed by atoms with van der Waals surface area (Å²) in [6.45, 7) is 0. The first kappa shape index (κ1) is 16.0. The number of para-hydroxylation sites is 1. The molecule has 0 bridgehead atoms. The van der Waals surface area contributed by atoms with Crippen LogP contribution in [0.15, 0.2) is 30.3 Å². The summed E-state index contributed by atoms with van der Waals surface area (Å²) in [5.41, 5.74) is -11.8. The van der Waals surface area contributed by atoms with Crippen molar-refractivity contribution in [2.75, 3.05) is 3.71 Å². The molecule has 0 amide bonds. The summed E-state index contributed by atoms with van der Waals surface area (Å²) in [5.74, 6) is 0. The lowest BCUT2D eigenvalue weighted by Gasteiger charge is -2.24. The van der Waals surface area contributed by atoms with E-state index in [9.17, 15) is 34.8 Å². The zero-order chi connectivity index (χ0) is 14.9. The van der Waals surface area contributed by atoms with Gasteiger partial charge in [-0.2, -0.15) is 38.5 Å². The number of hydrogen-bond donors (Lipinski definition) is 0. The molecule has 1 rings (SSSR count). The van der Waals surface area contributed by atoms with Crippen LogP contribution in [0, 0.1) is 0 Å². The van der Waals surface area contributed by atoms with Gasteiger partial charge in [-0.3, -0.25) is 0 Å². The molecule has 0 spiro atoms. The highest BCUT2D eigenvalue weighted by Gasteiger charge is 2.53. The Morgan fingerprint density at radius 3 is 1.79 bits per heavy atom. The van der Waals surface area contributed by atoms with Crippen LogP contribution < -0.4 is 3.71 Å². The predicted molar refractivity (Wildman–Crippen MR) is 57.5 cm³/mol. The monoisotopic (exact) mass is 325 g/mol. The molecule has 1 aromatic rings. The van der Waals surface area contributed by atoms with Crippen molar-refractivity contribution in [3.05, 3.63) is 30.3 Å². The molecular formula is C8H5F6NO2S2. The number of benzene rings is 1. The summed E-state index contributed by atoms with van der Waals surface area (Å²) in [6.07, 6.45) is 0. The van der Waals surface area contributed by atoms with Crippen LogP contribution >= 0.6 is 11.9 Å². The summed E-state index contributed by atoms with van der Waals surface area (Å²) in [5, 5.41) is 0. The number of nitrogens with zero attached hydrogens (tertiary/aromatic N) is 1. The fourth-order valence-corrected chi connectivity index (χ4v) is 2.88. The molecule has 1 aromatic carbocycles. The van der Waals surface area contributed by atoms with E-state index in [1.165, 1.54) is 6.07 Å². The quantitative estimate of drug-likeness (QED) is 0.630. The Balaban J connectivity index is 3.30. The third-order valence-corrected chi connectivity index (χ3v) is 4.29. The van der Waals surface area contributed by atoms with Crippen LogP contribution in [-0.4, -0.2) is 19.4 Å². The van der Waals surface area contributed by atoms with E-state index in [4.69, 9.17) is 0 Å². The summed E-state index contributed by atoms with van der Waals surface area (Å²) in [4.78, 5) is 0. The molecule has 0 radical (unpaired) electrons. The van der Waals surface area contributed by atoms with Crippen LogP contribution in [-0.2, 0) is 10.0 Å². The number of rotatable bonds is 3. The Morgan fingerprint density at radius 1 is 0.947 bits per heavy atom. The van der Waals surface area contributed by atoms with E-state index < -0.39 is 42.4 Å². The molecule has 0 aromatic heterocycles. The maximum absolute atomic E-state index is 12.3. The van der Waals surface area contributed by atoms with Crippen molar-refractivity contribution in [2.24, 2.45) is 0 Å². The minimum Gasteiger partial charge on any atom is -0.196 e. The third-order valence-electron chi connectivity index (χ3n) is 1.66. The first-order valence-corrected chi connectivity index (χ1v) is 6.59. The van der Waals surface area contributed by atoms with E-state index in [1.807, 2.05) is 0 Å². The predicted octanol–water partition coefficient (Wildman–Crippen LogP) is 3.51. The Bertz CT molecular complexity index is 524. The number of anilines is 1. The lowest BCUT2D eigenvalue weighted by molar-refractivity contribution is -0.0437. The lowest BCUT2D eigenvalue weighted by atomic mass is 10.3. The van der Waals surface area contributed by atoms with Crippen LogP contribution in [0.4, 0.5) is 32.0 Å². The molecule has 0 aliphatic carbocycles. The molecule has 108 valence electrons. The minimum absolute atomic E-state index is 0.748. The van der Waals surface area contributed by atoms with Gasteiger partial charge >= 0.3 is 21.0 Å². The number of alkyl halides is 6. The fourth-order valence-electron chi connectivity index (χ4n) is 0.978. The molecule has 0 N–H and O–H groups in total. The summed E-state index contributed by atoms with van der Waals surface area (Å²) in [6, 6.07) is 5.19. The zero-order valence-corrected chi connectivity index (χ0v) is 10.4. The Kier molecular flexibility index (Phi) is 4.30. The van der Waals surface area contributed by atoms with Crippen LogP contribution in [0.5, 0.6) is 0 Å². The van der Waals surface area contributed by atoms with Gasteiger partial charge in [0.1, 0.15) is 0 Å². The van der Waals surface area contributed by atoms with Gasteiger partial charge in [0.05, 0.1) is 17.6 Å². The molecule has 0 saturated heterocycles. The second-order valence-electron chi connectivity index (χ2n) is 3.05.